The molecule has 1 saturated heterocycles. The minimum absolute atomic E-state index is 0.357. The zero-order valence-electron chi connectivity index (χ0n) is 11.1. The van der Waals surface area contributed by atoms with Crippen molar-refractivity contribution >= 4 is 0 Å². The Morgan fingerprint density at radius 3 is 2.38 bits per heavy atom. The second kappa shape index (κ2) is 5.65. The van der Waals surface area contributed by atoms with Crippen LogP contribution in [-0.2, 0) is 0 Å². The number of nitriles is 1. The molecule has 0 radical (unpaired) electrons. The zero-order chi connectivity index (χ0) is 12.2. The van der Waals surface area contributed by atoms with Gasteiger partial charge < -0.3 is 4.90 Å². The van der Waals surface area contributed by atoms with Crippen molar-refractivity contribution in [1.82, 2.24) is 10.2 Å². The van der Waals surface area contributed by atoms with Crippen LogP contribution in [0.15, 0.2) is 0 Å². The summed E-state index contributed by atoms with van der Waals surface area (Å²) < 4.78 is 0. The van der Waals surface area contributed by atoms with Crippen molar-refractivity contribution < 1.29 is 0 Å². The Hall–Kier alpha value is -0.590. The molecule has 1 aliphatic heterocycles. The first-order chi connectivity index (χ1) is 7.50. The third kappa shape index (κ3) is 3.47. The van der Waals surface area contributed by atoms with E-state index in [-0.39, 0.29) is 5.54 Å². The van der Waals surface area contributed by atoms with Gasteiger partial charge in [0.05, 0.1) is 6.07 Å². The van der Waals surface area contributed by atoms with Gasteiger partial charge in [0.2, 0.25) is 0 Å². The minimum atomic E-state index is -0.357. The Bertz CT molecular complexity index is 248. The van der Waals surface area contributed by atoms with Crippen LogP contribution in [0.25, 0.3) is 0 Å². The van der Waals surface area contributed by atoms with E-state index in [1.807, 2.05) is 6.92 Å². The van der Waals surface area contributed by atoms with Crippen molar-refractivity contribution in [3.05, 3.63) is 0 Å². The molecule has 0 amide bonds. The van der Waals surface area contributed by atoms with E-state index in [2.05, 4.69) is 37.1 Å². The maximum Gasteiger partial charge on any atom is 0.105 e. The summed E-state index contributed by atoms with van der Waals surface area (Å²) in [5.41, 5.74) is -0.357. The van der Waals surface area contributed by atoms with Gasteiger partial charge in [-0.25, -0.2) is 0 Å². The van der Waals surface area contributed by atoms with Gasteiger partial charge in [-0.05, 0) is 31.7 Å². The Morgan fingerprint density at radius 2 is 1.94 bits per heavy atom. The molecule has 16 heavy (non-hydrogen) atoms. The van der Waals surface area contributed by atoms with Crippen LogP contribution >= 0.6 is 0 Å². The van der Waals surface area contributed by atoms with Crippen molar-refractivity contribution in [3.8, 4) is 6.07 Å². The van der Waals surface area contributed by atoms with E-state index in [9.17, 15) is 0 Å². The molecule has 0 aromatic carbocycles. The van der Waals surface area contributed by atoms with Crippen molar-refractivity contribution in [2.24, 2.45) is 11.8 Å². The summed E-state index contributed by atoms with van der Waals surface area (Å²) in [6.07, 6.45) is 0.913. The molecular weight excluding hydrogens is 198 g/mol. The second-order valence-corrected chi connectivity index (χ2v) is 5.44. The van der Waals surface area contributed by atoms with Crippen LogP contribution in [0.4, 0.5) is 0 Å². The lowest BCUT2D eigenvalue weighted by Gasteiger charge is -2.25. The molecule has 0 aliphatic carbocycles. The monoisotopic (exact) mass is 223 g/mol. The summed E-state index contributed by atoms with van der Waals surface area (Å²) in [5.74, 6) is 1.60. The van der Waals surface area contributed by atoms with E-state index in [0.29, 0.717) is 0 Å². The van der Waals surface area contributed by atoms with Crippen molar-refractivity contribution in [1.29, 1.82) is 5.26 Å². The molecule has 0 saturated carbocycles. The topological polar surface area (TPSA) is 39.1 Å². The highest BCUT2D eigenvalue weighted by atomic mass is 15.2. The van der Waals surface area contributed by atoms with Gasteiger partial charge in [0.1, 0.15) is 5.54 Å². The SMILES string of the molecule is CCNC(C)(C#N)CCN1CC(C)C(C)C1. The molecule has 1 rings (SSSR count). The zero-order valence-corrected chi connectivity index (χ0v) is 11.1. The molecule has 0 bridgehead atoms. The first-order valence-corrected chi connectivity index (χ1v) is 6.39. The molecule has 3 atom stereocenters. The fraction of sp³-hybridized carbons (Fsp3) is 0.923. The maximum atomic E-state index is 9.16. The molecule has 3 heteroatoms. The van der Waals surface area contributed by atoms with Gasteiger partial charge in [-0.3, -0.25) is 5.32 Å². The van der Waals surface area contributed by atoms with Gasteiger partial charge in [0.25, 0.3) is 0 Å². The van der Waals surface area contributed by atoms with Gasteiger partial charge in [0, 0.05) is 19.6 Å². The molecule has 3 nitrogen and oxygen atoms in total. The highest BCUT2D eigenvalue weighted by Crippen LogP contribution is 2.23. The number of likely N-dealkylation sites (tertiary alicyclic amines) is 1. The predicted octanol–water partition coefficient (Wildman–Crippen LogP) is 1.86. The highest BCUT2D eigenvalue weighted by molar-refractivity contribution is 5.04. The van der Waals surface area contributed by atoms with Gasteiger partial charge in [0.15, 0.2) is 0 Å². The largest absolute Gasteiger partial charge is 0.303 e. The first kappa shape index (κ1) is 13.5. The average Bonchev–Trinajstić information content (AvgIpc) is 2.56. The minimum Gasteiger partial charge on any atom is -0.303 e. The van der Waals surface area contributed by atoms with Crippen LogP contribution in [0.5, 0.6) is 0 Å². The summed E-state index contributed by atoms with van der Waals surface area (Å²) in [7, 11) is 0. The number of hydrogen-bond donors (Lipinski definition) is 1. The molecule has 0 spiro atoms. The molecule has 1 N–H and O–H groups in total. The molecule has 0 aromatic heterocycles. The number of rotatable bonds is 5. The van der Waals surface area contributed by atoms with E-state index in [1.54, 1.807) is 0 Å². The molecule has 3 unspecified atom stereocenters. The fourth-order valence-corrected chi connectivity index (χ4v) is 2.39. The molecule has 1 heterocycles. The highest BCUT2D eigenvalue weighted by Gasteiger charge is 2.28. The summed E-state index contributed by atoms with van der Waals surface area (Å²) in [6, 6.07) is 2.39. The van der Waals surface area contributed by atoms with Crippen molar-refractivity contribution in [2.45, 2.75) is 39.7 Å². The molecule has 0 aromatic rings. The molecule has 1 fully saturated rings. The van der Waals surface area contributed by atoms with Crippen LogP contribution < -0.4 is 5.32 Å². The number of nitrogens with zero attached hydrogens (tertiary/aromatic N) is 2. The number of nitrogens with one attached hydrogen (secondary N) is 1. The molecule has 92 valence electrons. The van der Waals surface area contributed by atoms with E-state index in [0.717, 1.165) is 31.3 Å². The quantitative estimate of drug-likeness (QED) is 0.773. The summed E-state index contributed by atoms with van der Waals surface area (Å²) in [5, 5.41) is 12.4. The van der Waals surface area contributed by atoms with Crippen LogP contribution in [0.3, 0.4) is 0 Å². The lowest BCUT2D eigenvalue weighted by Crippen LogP contribution is -2.43. The Kier molecular flexibility index (Phi) is 4.76. The predicted molar refractivity (Wildman–Crippen MR) is 67.1 cm³/mol. The summed E-state index contributed by atoms with van der Waals surface area (Å²) in [6.45, 7) is 13.0. The Labute approximate surface area is 99.8 Å². The van der Waals surface area contributed by atoms with Crippen LogP contribution in [-0.4, -0.2) is 36.6 Å². The standard InChI is InChI=1S/C13H25N3/c1-5-15-13(4,10-14)6-7-16-8-11(2)12(3)9-16/h11-12,15H,5-9H2,1-4H3. The third-order valence-corrected chi connectivity index (χ3v) is 3.81. The van der Waals surface area contributed by atoms with Gasteiger partial charge >= 0.3 is 0 Å². The lowest BCUT2D eigenvalue weighted by atomic mass is 9.99. The first-order valence-electron chi connectivity index (χ1n) is 6.39. The summed E-state index contributed by atoms with van der Waals surface area (Å²) >= 11 is 0. The maximum absolute atomic E-state index is 9.16. The lowest BCUT2D eigenvalue weighted by molar-refractivity contribution is 0.282. The van der Waals surface area contributed by atoms with Gasteiger partial charge in [-0.2, -0.15) is 5.26 Å². The van der Waals surface area contributed by atoms with Crippen molar-refractivity contribution in [2.75, 3.05) is 26.2 Å². The molecule has 1 aliphatic rings. The van der Waals surface area contributed by atoms with Crippen molar-refractivity contribution in [3.63, 3.8) is 0 Å². The van der Waals surface area contributed by atoms with E-state index < -0.39 is 0 Å². The summed E-state index contributed by atoms with van der Waals surface area (Å²) in [4.78, 5) is 2.49. The number of hydrogen-bond acceptors (Lipinski definition) is 3. The normalized spacial score (nSPS) is 29.9. The van der Waals surface area contributed by atoms with Crippen LogP contribution in [0.2, 0.25) is 0 Å². The van der Waals surface area contributed by atoms with Crippen LogP contribution in [0, 0.1) is 23.2 Å². The smallest absolute Gasteiger partial charge is 0.105 e. The van der Waals surface area contributed by atoms with Gasteiger partial charge in [-0.1, -0.05) is 20.8 Å². The fourth-order valence-electron chi connectivity index (χ4n) is 2.39. The van der Waals surface area contributed by atoms with E-state index in [1.165, 1.54) is 13.1 Å². The van der Waals surface area contributed by atoms with Crippen LogP contribution in [0.1, 0.15) is 34.1 Å². The van der Waals surface area contributed by atoms with E-state index >= 15 is 0 Å². The Morgan fingerprint density at radius 1 is 1.38 bits per heavy atom. The second-order valence-electron chi connectivity index (χ2n) is 5.44. The van der Waals surface area contributed by atoms with Gasteiger partial charge in [-0.15, -0.1) is 0 Å². The van der Waals surface area contributed by atoms with E-state index in [4.69, 9.17) is 5.26 Å². The molecular formula is C13H25N3. The average molecular weight is 223 g/mol. The third-order valence-electron chi connectivity index (χ3n) is 3.81. The Balaban J connectivity index is 2.37.